The van der Waals surface area contributed by atoms with Crippen LogP contribution in [0.25, 0.3) is 0 Å². The first-order valence-corrected chi connectivity index (χ1v) is 7.29. The van der Waals surface area contributed by atoms with Gasteiger partial charge in [-0.2, -0.15) is 0 Å². The lowest BCUT2D eigenvalue weighted by Crippen LogP contribution is -2.23. The van der Waals surface area contributed by atoms with E-state index >= 15 is 0 Å². The average molecular weight is 309 g/mol. The molecule has 0 amide bonds. The highest BCUT2D eigenvalue weighted by molar-refractivity contribution is 7.10. The van der Waals surface area contributed by atoms with Crippen molar-refractivity contribution in [2.24, 2.45) is 0 Å². The Morgan fingerprint density at radius 1 is 1.43 bits per heavy atom. The standard InChI is InChI=1S/C15H16FNO3S/c1-20-14(18)8-12(13-6-3-7-21-13)17-9-10-4-2-5-11(16)15(10)19/h2-7,12,17,19H,8-9H2,1H3. The van der Waals surface area contributed by atoms with Crippen LogP contribution in [0, 0.1) is 5.82 Å². The summed E-state index contributed by atoms with van der Waals surface area (Å²) in [5.74, 6) is -1.35. The molecule has 0 saturated carbocycles. The molecule has 1 heterocycles. The van der Waals surface area contributed by atoms with Crippen LogP contribution in [0.3, 0.4) is 0 Å². The second kappa shape index (κ2) is 7.19. The molecular weight excluding hydrogens is 293 g/mol. The normalized spacial score (nSPS) is 12.1. The van der Waals surface area contributed by atoms with E-state index in [9.17, 15) is 14.3 Å². The smallest absolute Gasteiger partial charge is 0.307 e. The van der Waals surface area contributed by atoms with Crippen molar-refractivity contribution in [3.63, 3.8) is 0 Å². The van der Waals surface area contributed by atoms with E-state index in [-0.39, 0.29) is 30.7 Å². The molecule has 2 N–H and O–H groups in total. The van der Waals surface area contributed by atoms with Crippen molar-refractivity contribution in [2.45, 2.75) is 19.0 Å². The fraction of sp³-hybridized carbons (Fsp3) is 0.267. The summed E-state index contributed by atoms with van der Waals surface area (Å²) >= 11 is 1.52. The summed E-state index contributed by atoms with van der Waals surface area (Å²) in [5, 5.41) is 14.7. The maximum Gasteiger partial charge on any atom is 0.307 e. The molecular formula is C15H16FNO3S. The average Bonchev–Trinajstić information content (AvgIpc) is 3.01. The molecule has 0 bridgehead atoms. The summed E-state index contributed by atoms with van der Waals surface area (Å²) in [6.07, 6.45) is 0.174. The number of aromatic hydroxyl groups is 1. The number of benzene rings is 1. The van der Waals surface area contributed by atoms with Crippen molar-refractivity contribution in [3.05, 3.63) is 52.0 Å². The molecule has 0 radical (unpaired) electrons. The van der Waals surface area contributed by atoms with E-state index in [1.165, 1.54) is 30.6 Å². The lowest BCUT2D eigenvalue weighted by atomic mass is 10.1. The molecule has 0 saturated heterocycles. The number of phenols is 1. The first-order valence-electron chi connectivity index (χ1n) is 6.41. The third kappa shape index (κ3) is 4.03. The molecule has 6 heteroatoms. The highest BCUT2D eigenvalue weighted by Gasteiger charge is 2.18. The van der Waals surface area contributed by atoms with Crippen LogP contribution < -0.4 is 5.32 Å². The van der Waals surface area contributed by atoms with Crippen LogP contribution in [-0.4, -0.2) is 18.2 Å². The number of halogens is 1. The second-order valence-electron chi connectivity index (χ2n) is 4.48. The van der Waals surface area contributed by atoms with Gasteiger partial charge in [0.2, 0.25) is 0 Å². The number of para-hydroxylation sites is 1. The Morgan fingerprint density at radius 2 is 2.24 bits per heavy atom. The quantitative estimate of drug-likeness (QED) is 0.805. The van der Waals surface area contributed by atoms with Crippen LogP contribution in [0.1, 0.15) is 22.9 Å². The zero-order valence-corrected chi connectivity index (χ0v) is 12.3. The van der Waals surface area contributed by atoms with Gasteiger partial charge in [-0.3, -0.25) is 4.79 Å². The van der Waals surface area contributed by atoms with E-state index in [4.69, 9.17) is 0 Å². The van der Waals surface area contributed by atoms with E-state index in [2.05, 4.69) is 10.1 Å². The summed E-state index contributed by atoms with van der Waals surface area (Å²) in [5.41, 5.74) is 0.446. The fourth-order valence-corrected chi connectivity index (χ4v) is 2.75. The molecule has 1 unspecified atom stereocenters. The van der Waals surface area contributed by atoms with Gasteiger partial charge >= 0.3 is 5.97 Å². The molecule has 0 aliphatic carbocycles. The highest BCUT2D eigenvalue weighted by atomic mass is 32.1. The molecule has 1 aromatic carbocycles. The van der Waals surface area contributed by atoms with E-state index in [0.29, 0.717) is 5.56 Å². The van der Waals surface area contributed by atoms with Gasteiger partial charge < -0.3 is 15.2 Å². The number of phenolic OH excluding ortho intramolecular Hbond substituents is 1. The maximum atomic E-state index is 13.3. The number of carbonyl (C=O) groups excluding carboxylic acids is 1. The van der Waals surface area contributed by atoms with E-state index < -0.39 is 5.82 Å². The highest BCUT2D eigenvalue weighted by Crippen LogP contribution is 2.25. The zero-order chi connectivity index (χ0) is 15.2. The number of rotatable bonds is 6. The third-order valence-electron chi connectivity index (χ3n) is 3.09. The number of nitrogens with one attached hydrogen (secondary N) is 1. The Balaban J connectivity index is 2.08. The van der Waals surface area contributed by atoms with Gasteiger partial charge in [0.15, 0.2) is 11.6 Å². The van der Waals surface area contributed by atoms with Gasteiger partial charge in [0.1, 0.15) is 0 Å². The predicted octanol–water partition coefficient (Wildman–Crippen LogP) is 2.99. The van der Waals surface area contributed by atoms with Crippen LogP contribution in [-0.2, 0) is 16.1 Å². The van der Waals surface area contributed by atoms with Crippen molar-refractivity contribution < 1.29 is 19.0 Å². The third-order valence-corrected chi connectivity index (χ3v) is 4.08. The van der Waals surface area contributed by atoms with Crippen LogP contribution in [0.15, 0.2) is 35.7 Å². The lowest BCUT2D eigenvalue weighted by molar-refractivity contribution is -0.141. The minimum atomic E-state index is -0.657. The van der Waals surface area contributed by atoms with Crippen molar-refractivity contribution >= 4 is 17.3 Å². The van der Waals surface area contributed by atoms with Gasteiger partial charge in [-0.15, -0.1) is 11.3 Å². The summed E-state index contributed by atoms with van der Waals surface area (Å²) in [4.78, 5) is 12.5. The molecule has 0 spiro atoms. The van der Waals surface area contributed by atoms with E-state index in [1.807, 2.05) is 17.5 Å². The van der Waals surface area contributed by atoms with E-state index in [0.717, 1.165) is 4.88 Å². The number of hydrogen-bond donors (Lipinski definition) is 2. The Morgan fingerprint density at radius 3 is 2.90 bits per heavy atom. The van der Waals surface area contributed by atoms with Crippen LogP contribution in [0.4, 0.5) is 4.39 Å². The number of esters is 1. The number of ether oxygens (including phenoxy) is 1. The van der Waals surface area contributed by atoms with Crippen molar-refractivity contribution in [2.75, 3.05) is 7.11 Å². The molecule has 2 aromatic rings. The molecule has 4 nitrogen and oxygen atoms in total. The molecule has 21 heavy (non-hydrogen) atoms. The van der Waals surface area contributed by atoms with Crippen LogP contribution >= 0.6 is 11.3 Å². The Kier molecular flexibility index (Phi) is 5.30. The topological polar surface area (TPSA) is 58.6 Å². The van der Waals surface area contributed by atoms with Gasteiger partial charge in [0.05, 0.1) is 19.6 Å². The molecule has 112 valence electrons. The molecule has 0 fully saturated rings. The molecule has 0 aliphatic rings. The van der Waals surface area contributed by atoms with Crippen LogP contribution in [0.5, 0.6) is 5.75 Å². The number of methoxy groups -OCH3 is 1. The summed E-state index contributed by atoms with van der Waals surface area (Å²) in [7, 11) is 1.34. The Hall–Kier alpha value is -1.92. The minimum absolute atomic E-state index is 0.174. The van der Waals surface area contributed by atoms with E-state index in [1.54, 1.807) is 6.07 Å². The molecule has 1 aromatic heterocycles. The number of thiophene rings is 1. The number of hydrogen-bond acceptors (Lipinski definition) is 5. The first kappa shape index (κ1) is 15.5. The maximum absolute atomic E-state index is 13.3. The number of carbonyl (C=O) groups is 1. The second-order valence-corrected chi connectivity index (χ2v) is 5.46. The summed E-state index contributed by atoms with van der Waals surface area (Å²) in [6, 6.07) is 7.94. The van der Waals surface area contributed by atoms with Gasteiger partial charge in [-0.05, 0) is 17.5 Å². The van der Waals surface area contributed by atoms with Gasteiger partial charge in [0.25, 0.3) is 0 Å². The SMILES string of the molecule is COC(=O)CC(NCc1cccc(F)c1O)c1cccs1. The van der Waals surface area contributed by atoms with Crippen molar-refractivity contribution in [1.82, 2.24) is 5.32 Å². The predicted molar refractivity (Wildman–Crippen MR) is 78.6 cm³/mol. The van der Waals surface area contributed by atoms with Crippen molar-refractivity contribution in [1.29, 1.82) is 0 Å². The Bertz CT molecular complexity index is 601. The lowest BCUT2D eigenvalue weighted by Gasteiger charge is -2.17. The summed E-state index contributed by atoms with van der Waals surface area (Å²) in [6.45, 7) is 0.253. The molecule has 2 rings (SSSR count). The monoisotopic (exact) mass is 309 g/mol. The van der Waals surface area contributed by atoms with Crippen LogP contribution in [0.2, 0.25) is 0 Å². The zero-order valence-electron chi connectivity index (χ0n) is 11.5. The first-order chi connectivity index (χ1) is 10.1. The molecule has 0 aliphatic heterocycles. The van der Waals surface area contributed by atoms with Gasteiger partial charge in [0, 0.05) is 17.0 Å². The minimum Gasteiger partial charge on any atom is -0.505 e. The summed E-state index contributed by atoms with van der Waals surface area (Å²) < 4.78 is 18.0. The van der Waals surface area contributed by atoms with Gasteiger partial charge in [-0.25, -0.2) is 4.39 Å². The molecule has 1 atom stereocenters. The fourth-order valence-electron chi connectivity index (χ4n) is 1.95. The van der Waals surface area contributed by atoms with Crippen molar-refractivity contribution in [3.8, 4) is 5.75 Å². The van der Waals surface area contributed by atoms with Gasteiger partial charge in [-0.1, -0.05) is 18.2 Å². The Labute approximate surface area is 126 Å². The largest absolute Gasteiger partial charge is 0.505 e.